The summed E-state index contributed by atoms with van der Waals surface area (Å²) in [6, 6.07) is 0. The summed E-state index contributed by atoms with van der Waals surface area (Å²) in [6.07, 6.45) is -1.38. The molecule has 0 bridgehead atoms. The quantitative estimate of drug-likeness (QED) is 0.823. The van der Waals surface area contributed by atoms with Gasteiger partial charge in [-0.05, 0) is 25.8 Å². The summed E-state index contributed by atoms with van der Waals surface area (Å²) in [5.74, 6) is 0.265. The minimum absolute atomic E-state index is 0.265. The van der Waals surface area contributed by atoms with Crippen LogP contribution in [-0.2, 0) is 12.7 Å². The van der Waals surface area contributed by atoms with Crippen molar-refractivity contribution in [2.24, 2.45) is 0 Å². The number of rotatable bonds is 5. The summed E-state index contributed by atoms with van der Waals surface area (Å²) < 4.78 is 37.7. The van der Waals surface area contributed by atoms with E-state index in [0.717, 1.165) is 42.0 Å². The van der Waals surface area contributed by atoms with Gasteiger partial charge in [-0.25, -0.2) is 4.98 Å². The van der Waals surface area contributed by atoms with Gasteiger partial charge in [0.05, 0.1) is 5.69 Å². The third-order valence-corrected chi connectivity index (χ3v) is 3.76. The fraction of sp³-hybridized carbons (Fsp3) is 0.727. The Morgan fingerprint density at radius 1 is 1.41 bits per heavy atom. The van der Waals surface area contributed by atoms with Crippen LogP contribution in [0.4, 0.5) is 13.2 Å². The first-order valence-corrected chi connectivity index (χ1v) is 6.61. The third-order valence-electron chi connectivity index (χ3n) is 2.65. The topological polar surface area (TPSA) is 24.9 Å². The van der Waals surface area contributed by atoms with Gasteiger partial charge in [0.1, 0.15) is 0 Å². The van der Waals surface area contributed by atoms with Crippen molar-refractivity contribution in [3.8, 4) is 0 Å². The Labute approximate surface area is 102 Å². The molecule has 1 aliphatic carbocycles. The van der Waals surface area contributed by atoms with E-state index in [1.165, 1.54) is 0 Å². The molecule has 17 heavy (non-hydrogen) atoms. The van der Waals surface area contributed by atoms with Crippen molar-refractivity contribution in [3.63, 3.8) is 0 Å². The van der Waals surface area contributed by atoms with Crippen LogP contribution in [-0.4, -0.2) is 11.5 Å². The van der Waals surface area contributed by atoms with Crippen molar-refractivity contribution in [3.05, 3.63) is 15.6 Å². The predicted molar refractivity (Wildman–Crippen MR) is 61.1 cm³/mol. The molecular weight excluding hydrogens is 249 g/mol. The fourth-order valence-electron chi connectivity index (χ4n) is 1.67. The van der Waals surface area contributed by atoms with E-state index < -0.39 is 11.2 Å². The molecule has 1 fully saturated rings. The Bertz CT molecular complexity index is 383. The molecule has 1 aromatic heterocycles. The van der Waals surface area contributed by atoms with Crippen molar-refractivity contribution in [1.82, 2.24) is 10.3 Å². The molecule has 0 saturated heterocycles. The normalized spacial score (nSPS) is 16.5. The SMILES string of the molecule is CCCNCc1sc(C(F)(F)F)nc1C1CC1. The van der Waals surface area contributed by atoms with Gasteiger partial charge in [-0.1, -0.05) is 6.92 Å². The zero-order valence-corrected chi connectivity index (χ0v) is 10.4. The van der Waals surface area contributed by atoms with Crippen molar-refractivity contribution >= 4 is 11.3 Å². The number of nitrogens with zero attached hydrogens (tertiary/aromatic N) is 1. The first kappa shape index (κ1) is 12.8. The van der Waals surface area contributed by atoms with Crippen LogP contribution in [0.15, 0.2) is 0 Å². The largest absolute Gasteiger partial charge is 0.443 e. The first-order valence-electron chi connectivity index (χ1n) is 5.80. The smallest absolute Gasteiger partial charge is 0.312 e. The Kier molecular flexibility index (Phi) is 3.73. The monoisotopic (exact) mass is 264 g/mol. The lowest BCUT2D eigenvalue weighted by atomic mass is 10.2. The number of hydrogen-bond donors (Lipinski definition) is 1. The number of alkyl halides is 3. The summed E-state index contributed by atoms with van der Waals surface area (Å²) in [4.78, 5) is 4.53. The summed E-state index contributed by atoms with van der Waals surface area (Å²) in [5.41, 5.74) is 0.672. The van der Waals surface area contributed by atoms with E-state index in [1.54, 1.807) is 0 Å². The zero-order valence-electron chi connectivity index (χ0n) is 9.60. The van der Waals surface area contributed by atoms with Crippen molar-refractivity contribution in [2.45, 2.75) is 44.8 Å². The number of halogens is 3. The van der Waals surface area contributed by atoms with Crippen LogP contribution >= 0.6 is 11.3 Å². The Morgan fingerprint density at radius 3 is 2.65 bits per heavy atom. The van der Waals surface area contributed by atoms with Gasteiger partial charge >= 0.3 is 6.18 Å². The van der Waals surface area contributed by atoms with Crippen molar-refractivity contribution < 1.29 is 13.2 Å². The minimum atomic E-state index is -4.31. The molecule has 0 spiro atoms. The first-order chi connectivity index (χ1) is 8.02. The lowest BCUT2D eigenvalue weighted by molar-refractivity contribution is -0.137. The molecule has 1 saturated carbocycles. The van der Waals surface area contributed by atoms with E-state index in [4.69, 9.17) is 0 Å². The lowest BCUT2D eigenvalue weighted by Crippen LogP contribution is -2.13. The Hall–Kier alpha value is -0.620. The molecule has 0 radical (unpaired) electrons. The molecule has 1 heterocycles. The van der Waals surface area contributed by atoms with E-state index in [0.29, 0.717) is 12.2 Å². The van der Waals surface area contributed by atoms with Gasteiger partial charge in [0.15, 0.2) is 5.01 Å². The van der Waals surface area contributed by atoms with Crippen LogP contribution in [0.2, 0.25) is 0 Å². The van der Waals surface area contributed by atoms with Gasteiger partial charge in [0, 0.05) is 17.3 Å². The molecule has 6 heteroatoms. The minimum Gasteiger partial charge on any atom is -0.312 e. The van der Waals surface area contributed by atoms with Gasteiger partial charge in [-0.2, -0.15) is 13.2 Å². The maximum absolute atomic E-state index is 12.6. The third kappa shape index (κ3) is 3.19. The predicted octanol–water partition coefficient (Wildman–Crippen LogP) is 3.54. The fourth-order valence-corrected chi connectivity index (χ4v) is 2.65. The summed E-state index contributed by atoms with van der Waals surface area (Å²) in [5, 5.41) is 2.44. The molecular formula is C11H15F3N2S. The average molecular weight is 264 g/mol. The van der Waals surface area contributed by atoms with Gasteiger partial charge in [0.25, 0.3) is 0 Å². The van der Waals surface area contributed by atoms with Crippen LogP contribution in [0.1, 0.15) is 47.7 Å². The molecule has 0 amide bonds. The van der Waals surface area contributed by atoms with Gasteiger partial charge in [0.2, 0.25) is 0 Å². The van der Waals surface area contributed by atoms with Crippen molar-refractivity contribution in [2.75, 3.05) is 6.54 Å². The number of nitrogens with one attached hydrogen (secondary N) is 1. The highest BCUT2D eigenvalue weighted by Crippen LogP contribution is 2.45. The summed E-state index contributed by atoms with van der Waals surface area (Å²) >= 11 is 0.787. The highest BCUT2D eigenvalue weighted by Gasteiger charge is 2.38. The van der Waals surface area contributed by atoms with Gasteiger partial charge < -0.3 is 5.32 Å². The number of aromatic nitrogens is 1. The molecule has 0 unspecified atom stereocenters. The maximum Gasteiger partial charge on any atom is 0.443 e. The van der Waals surface area contributed by atoms with E-state index in [-0.39, 0.29) is 5.92 Å². The van der Waals surface area contributed by atoms with Crippen LogP contribution in [0.3, 0.4) is 0 Å². The molecule has 2 rings (SSSR count). The molecule has 2 nitrogen and oxygen atoms in total. The van der Waals surface area contributed by atoms with E-state index in [1.807, 2.05) is 6.92 Å². The molecule has 0 aromatic carbocycles. The van der Waals surface area contributed by atoms with Crippen LogP contribution < -0.4 is 5.32 Å². The second-order valence-electron chi connectivity index (χ2n) is 4.28. The molecule has 0 atom stereocenters. The van der Waals surface area contributed by atoms with Gasteiger partial charge in [-0.3, -0.25) is 0 Å². The second kappa shape index (κ2) is 4.94. The van der Waals surface area contributed by atoms with E-state index in [2.05, 4.69) is 10.3 Å². The number of thiazole rings is 1. The van der Waals surface area contributed by atoms with E-state index in [9.17, 15) is 13.2 Å². The Balaban J connectivity index is 2.14. The Morgan fingerprint density at radius 2 is 2.12 bits per heavy atom. The summed E-state index contributed by atoms with van der Waals surface area (Å²) in [6.45, 7) is 3.36. The second-order valence-corrected chi connectivity index (χ2v) is 5.36. The molecule has 0 aliphatic heterocycles. The number of hydrogen-bond acceptors (Lipinski definition) is 3. The average Bonchev–Trinajstić information content (AvgIpc) is 2.99. The molecule has 1 N–H and O–H groups in total. The van der Waals surface area contributed by atoms with E-state index >= 15 is 0 Å². The zero-order chi connectivity index (χ0) is 12.5. The standard InChI is InChI=1S/C11H15F3N2S/c1-2-5-15-6-8-9(7-3-4-7)16-10(17-8)11(12,13)14/h7,15H,2-6H2,1H3. The highest BCUT2D eigenvalue weighted by molar-refractivity contribution is 7.11. The van der Waals surface area contributed by atoms with Crippen LogP contribution in [0.25, 0.3) is 0 Å². The molecule has 1 aromatic rings. The maximum atomic E-state index is 12.6. The highest BCUT2D eigenvalue weighted by atomic mass is 32.1. The lowest BCUT2D eigenvalue weighted by Gasteiger charge is -2.01. The molecule has 1 aliphatic rings. The molecule has 96 valence electrons. The summed E-state index contributed by atoms with van der Waals surface area (Å²) in [7, 11) is 0. The van der Waals surface area contributed by atoms with Gasteiger partial charge in [-0.15, -0.1) is 11.3 Å². The van der Waals surface area contributed by atoms with Crippen LogP contribution in [0.5, 0.6) is 0 Å². The van der Waals surface area contributed by atoms with Crippen molar-refractivity contribution in [1.29, 1.82) is 0 Å². The van der Waals surface area contributed by atoms with Crippen LogP contribution in [0, 0.1) is 0 Å².